The van der Waals surface area contributed by atoms with Gasteiger partial charge in [-0.2, -0.15) is 14.4 Å². The van der Waals surface area contributed by atoms with E-state index in [1.807, 2.05) is 18.9 Å². The first kappa shape index (κ1) is 29.5. The third-order valence-electron chi connectivity index (χ3n) is 8.43. The molecule has 2 aromatic heterocycles. The lowest BCUT2D eigenvalue weighted by Crippen LogP contribution is -2.58. The Kier molecular flexibility index (Phi) is 8.97. The summed E-state index contributed by atoms with van der Waals surface area (Å²) in [7, 11) is -1.48. The highest BCUT2D eigenvalue weighted by molar-refractivity contribution is 7.89. The number of rotatable bonds is 9. The molecule has 0 spiro atoms. The van der Waals surface area contributed by atoms with Gasteiger partial charge in [-0.15, -0.1) is 0 Å². The largest absolute Gasteiger partial charge is 0.508 e. The lowest BCUT2D eigenvalue weighted by Gasteiger charge is -2.49. The van der Waals surface area contributed by atoms with Crippen LogP contribution in [0.3, 0.4) is 0 Å². The molecule has 4 heterocycles. The van der Waals surface area contributed by atoms with Gasteiger partial charge in [-0.25, -0.2) is 22.6 Å². The van der Waals surface area contributed by atoms with Crippen LogP contribution < -0.4 is 10.2 Å². The maximum Gasteiger partial charge on any atom is 0.508 e. The molecular formula is C27H40FN7O5S. The number of aromatic nitrogens is 4. The monoisotopic (exact) mass is 593 g/mol. The van der Waals surface area contributed by atoms with Gasteiger partial charge in [-0.1, -0.05) is 12.8 Å². The van der Waals surface area contributed by atoms with Crippen molar-refractivity contribution in [3.05, 3.63) is 23.3 Å². The molecule has 226 valence electrons. The van der Waals surface area contributed by atoms with Crippen LogP contribution in [0.4, 0.5) is 26.8 Å². The third kappa shape index (κ3) is 6.74. The minimum absolute atomic E-state index is 0.0513. The molecule has 0 amide bonds. The van der Waals surface area contributed by atoms with Crippen molar-refractivity contribution in [3.8, 4) is 0 Å². The first-order chi connectivity index (χ1) is 19.6. The predicted octanol–water partition coefficient (Wildman–Crippen LogP) is 4.55. The highest BCUT2D eigenvalue weighted by Gasteiger charge is 2.45. The Hall–Kier alpha value is -3.00. The first-order valence-electron chi connectivity index (χ1n) is 14.6. The molecule has 41 heavy (non-hydrogen) atoms. The number of sulfonamides is 1. The number of nitrogens with one attached hydrogen (secondary N) is 2. The predicted molar refractivity (Wildman–Crippen MR) is 151 cm³/mol. The first-order valence-corrected chi connectivity index (χ1v) is 16.2. The summed E-state index contributed by atoms with van der Waals surface area (Å²) in [5.74, 6) is -0.150. The summed E-state index contributed by atoms with van der Waals surface area (Å²) < 4.78 is 53.7. The fourth-order valence-electron chi connectivity index (χ4n) is 6.29. The number of fused-ring (bicyclic) bond motifs is 2. The molecule has 0 unspecified atom stereocenters. The van der Waals surface area contributed by atoms with Gasteiger partial charge < -0.3 is 19.7 Å². The lowest BCUT2D eigenvalue weighted by atomic mass is 9.83. The van der Waals surface area contributed by atoms with Gasteiger partial charge in [0.2, 0.25) is 16.0 Å². The molecule has 0 aromatic carbocycles. The van der Waals surface area contributed by atoms with Crippen molar-refractivity contribution in [1.82, 2.24) is 24.5 Å². The van der Waals surface area contributed by atoms with Crippen molar-refractivity contribution in [2.45, 2.75) is 109 Å². The molecule has 2 bridgehead atoms. The van der Waals surface area contributed by atoms with Gasteiger partial charge in [0, 0.05) is 36.9 Å². The molecule has 5 rings (SSSR count). The van der Waals surface area contributed by atoms with Gasteiger partial charge in [0.05, 0.1) is 5.75 Å². The number of carbonyl (C=O) groups is 1. The fraction of sp³-hybridized carbons (Fsp3) is 0.704. The normalized spacial score (nSPS) is 23.7. The maximum absolute atomic E-state index is 15.6. The van der Waals surface area contributed by atoms with E-state index in [0.717, 1.165) is 57.1 Å². The van der Waals surface area contributed by atoms with Crippen molar-refractivity contribution >= 4 is 33.8 Å². The van der Waals surface area contributed by atoms with Gasteiger partial charge in [0.15, 0.2) is 17.5 Å². The summed E-state index contributed by atoms with van der Waals surface area (Å²) >= 11 is 0. The number of anilines is 3. The zero-order valence-electron chi connectivity index (χ0n) is 23.9. The molecule has 14 heteroatoms. The molecule has 2 aliphatic heterocycles. The summed E-state index contributed by atoms with van der Waals surface area (Å²) in [4.78, 5) is 23.2. The van der Waals surface area contributed by atoms with Crippen molar-refractivity contribution in [1.29, 1.82) is 0 Å². The van der Waals surface area contributed by atoms with Crippen LogP contribution in [0.5, 0.6) is 0 Å². The van der Waals surface area contributed by atoms with E-state index in [-0.39, 0.29) is 47.4 Å². The Balaban J connectivity index is 1.37. The lowest BCUT2D eigenvalue weighted by molar-refractivity contribution is 0.00630. The molecule has 3 atom stereocenters. The second kappa shape index (κ2) is 12.5. The van der Waals surface area contributed by atoms with E-state index in [0.29, 0.717) is 18.7 Å². The van der Waals surface area contributed by atoms with E-state index in [2.05, 4.69) is 25.5 Å². The molecule has 0 radical (unpaired) electrons. The van der Waals surface area contributed by atoms with Gasteiger partial charge in [0.1, 0.15) is 18.4 Å². The number of hydrogen-bond donors (Lipinski definition) is 2. The van der Waals surface area contributed by atoms with Crippen molar-refractivity contribution in [2.24, 2.45) is 0 Å². The number of aryl methyl sites for hydroxylation is 1. The number of hydrogen-bond acceptors (Lipinski definition) is 10. The van der Waals surface area contributed by atoms with Crippen LogP contribution in [0, 0.1) is 12.7 Å². The fourth-order valence-corrected chi connectivity index (χ4v) is 7.88. The molecular weight excluding hydrogens is 553 g/mol. The molecule has 3 fully saturated rings. The van der Waals surface area contributed by atoms with Gasteiger partial charge in [-0.3, -0.25) is 5.10 Å². The highest BCUT2D eigenvalue weighted by Crippen LogP contribution is 2.38. The zero-order chi connectivity index (χ0) is 29.1. The maximum atomic E-state index is 15.6. The van der Waals surface area contributed by atoms with Crippen LogP contribution in [0.1, 0.15) is 82.5 Å². The molecule has 2 saturated heterocycles. The minimum atomic E-state index is -3.32. The molecule has 12 nitrogen and oxygen atoms in total. The summed E-state index contributed by atoms with van der Waals surface area (Å²) in [5, 5.41) is 9.83. The Morgan fingerprint density at radius 2 is 1.85 bits per heavy atom. The van der Waals surface area contributed by atoms with Crippen LogP contribution in [0.25, 0.3) is 0 Å². The summed E-state index contributed by atoms with van der Waals surface area (Å²) in [5.41, 5.74) is 0.692. The van der Waals surface area contributed by atoms with E-state index in [1.165, 1.54) is 0 Å². The minimum Gasteiger partial charge on any atom is -0.431 e. The number of H-pyrrole nitrogens is 1. The van der Waals surface area contributed by atoms with Crippen LogP contribution in [-0.2, 0) is 26.1 Å². The van der Waals surface area contributed by atoms with Gasteiger partial charge in [0.25, 0.3) is 0 Å². The molecule has 1 aliphatic carbocycles. The summed E-state index contributed by atoms with van der Waals surface area (Å²) in [6.45, 7) is 3.08. The second-order valence-electron chi connectivity index (χ2n) is 11.3. The van der Waals surface area contributed by atoms with Crippen LogP contribution in [-0.4, -0.2) is 76.1 Å². The molecule has 2 N–H and O–H groups in total. The Morgan fingerprint density at radius 3 is 2.49 bits per heavy atom. The van der Waals surface area contributed by atoms with E-state index < -0.39 is 28.6 Å². The number of halogens is 1. The molecule has 1 saturated carbocycles. The van der Waals surface area contributed by atoms with Crippen molar-refractivity contribution < 1.29 is 27.1 Å². The Bertz CT molecular complexity index is 1320. The van der Waals surface area contributed by atoms with E-state index in [4.69, 9.17) is 9.47 Å². The second-order valence-corrected chi connectivity index (χ2v) is 13.5. The highest BCUT2D eigenvalue weighted by atomic mass is 32.2. The molecule has 2 aromatic rings. The molecule has 3 aliphatic rings. The van der Waals surface area contributed by atoms with E-state index in [1.54, 1.807) is 17.3 Å². The van der Waals surface area contributed by atoms with E-state index >= 15 is 4.39 Å². The number of nitrogens with zero attached hydrogens (tertiary/aromatic N) is 5. The zero-order valence-corrected chi connectivity index (χ0v) is 24.8. The SMILES string of the molecule is CCS(=O)(=O)N1[C@@H]2CCC[C@H]1C[C@H](N(C)c1nc(COC(=O)OC3CCCCC3)c(F)c(Nc3cc(C)[nH]n3)n1)C2. The Labute approximate surface area is 240 Å². The van der Waals surface area contributed by atoms with Gasteiger partial charge in [-0.05, 0) is 65.2 Å². The van der Waals surface area contributed by atoms with E-state index in [9.17, 15) is 13.2 Å². The third-order valence-corrected chi connectivity index (χ3v) is 10.4. The standard InChI is InChI=1S/C27H40FN7O5S/c1-4-41(37,38)35-18-9-8-10-19(35)15-20(14-18)34(3)26-29-22(16-39-27(36)40-21-11-6-5-7-12-21)24(28)25(31-26)30-23-13-17(2)32-33-23/h13,18-21H,4-12,14-16H2,1-3H3,(H2,29,30,31,32,33)/t18-,19+,20-. The number of carbonyl (C=O) groups excluding carboxylic acids is 1. The topological polar surface area (TPSA) is 143 Å². The van der Waals surface area contributed by atoms with Crippen molar-refractivity contribution in [3.63, 3.8) is 0 Å². The number of aromatic amines is 1. The Morgan fingerprint density at radius 1 is 1.15 bits per heavy atom. The quantitative estimate of drug-likeness (QED) is 0.398. The summed E-state index contributed by atoms with van der Waals surface area (Å²) in [6, 6.07) is 1.47. The van der Waals surface area contributed by atoms with Crippen LogP contribution in [0.15, 0.2) is 6.07 Å². The number of ether oxygens (including phenoxy) is 2. The average molecular weight is 594 g/mol. The summed E-state index contributed by atoms with van der Waals surface area (Å²) in [6.07, 6.45) is 7.52. The smallest absolute Gasteiger partial charge is 0.431 e. The van der Waals surface area contributed by atoms with Crippen LogP contribution in [0.2, 0.25) is 0 Å². The average Bonchev–Trinajstić information content (AvgIpc) is 3.37. The van der Waals surface area contributed by atoms with Crippen molar-refractivity contribution in [2.75, 3.05) is 23.0 Å². The van der Waals surface area contributed by atoms with Gasteiger partial charge >= 0.3 is 6.16 Å². The van der Waals surface area contributed by atoms with Crippen LogP contribution >= 0.6 is 0 Å². The number of piperidine rings is 2.